The molecule has 0 saturated heterocycles. The van der Waals surface area contributed by atoms with Gasteiger partial charge in [0.1, 0.15) is 18.1 Å². The molecule has 9 heteroatoms. The average Bonchev–Trinajstić information content (AvgIpc) is 2.99. The van der Waals surface area contributed by atoms with E-state index in [1.165, 1.54) is 0 Å². The van der Waals surface area contributed by atoms with Crippen molar-refractivity contribution in [3.05, 3.63) is 40.4 Å². The highest BCUT2D eigenvalue weighted by Crippen LogP contribution is 2.23. The quantitative estimate of drug-likeness (QED) is 0.605. The van der Waals surface area contributed by atoms with Crippen LogP contribution in [0.5, 0.6) is 0 Å². The normalized spacial score (nSPS) is 10.7. The fourth-order valence-electron chi connectivity index (χ4n) is 2.26. The number of aromatic nitrogens is 1. The van der Waals surface area contributed by atoms with Gasteiger partial charge in [0.25, 0.3) is 5.91 Å². The number of anilines is 2. The number of nitrogens with one attached hydrogen (secondary N) is 2. The third-order valence-electron chi connectivity index (χ3n) is 3.54. The minimum atomic E-state index is -0.468. The summed E-state index contributed by atoms with van der Waals surface area (Å²) in [7, 11) is 0. The van der Waals surface area contributed by atoms with E-state index >= 15 is 0 Å². The molecule has 0 saturated carbocycles. The Labute approximate surface area is 173 Å². The maximum atomic E-state index is 12.1. The van der Waals surface area contributed by atoms with Crippen LogP contribution in [0.1, 0.15) is 34.8 Å². The lowest BCUT2D eigenvalue weighted by Gasteiger charge is -2.07. The molecule has 1 aromatic carbocycles. The van der Waals surface area contributed by atoms with Crippen LogP contribution in [-0.2, 0) is 19.1 Å². The van der Waals surface area contributed by atoms with E-state index in [-0.39, 0.29) is 30.2 Å². The Kier molecular flexibility index (Phi) is 8.29. The van der Waals surface area contributed by atoms with Crippen molar-refractivity contribution in [2.75, 3.05) is 30.5 Å². The van der Waals surface area contributed by atoms with Gasteiger partial charge in [-0.3, -0.25) is 14.9 Å². The number of hydrogen-bond acceptors (Lipinski definition) is 7. The summed E-state index contributed by atoms with van der Waals surface area (Å²) >= 11 is 1.04. The minimum absolute atomic E-state index is 0.228. The Morgan fingerprint density at radius 1 is 1.10 bits per heavy atom. The van der Waals surface area contributed by atoms with Crippen molar-refractivity contribution < 1.29 is 23.9 Å². The van der Waals surface area contributed by atoms with Crippen LogP contribution in [0.2, 0.25) is 0 Å². The highest BCUT2D eigenvalue weighted by atomic mass is 32.1. The maximum absolute atomic E-state index is 12.1. The zero-order valence-corrected chi connectivity index (χ0v) is 17.7. The van der Waals surface area contributed by atoms with E-state index in [1.54, 1.807) is 13.0 Å². The topological polar surface area (TPSA) is 107 Å². The third kappa shape index (κ3) is 7.63. The third-order valence-corrected chi connectivity index (χ3v) is 4.60. The van der Waals surface area contributed by atoms with Crippen LogP contribution in [0.3, 0.4) is 0 Å². The molecule has 0 radical (unpaired) electrons. The van der Waals surface area contributed by atoms with E-state index in [9.17, 15) is 14.4 Å². The van der Waals surface area contributed by atoms with E-state index in [0.717, 1.165) is 16.9 Å². The highest BCUT2D eigenvalue weighted by molar-refractivity contribution is 7.17. The van der Waals surface area contributed by atoms with Gasteiger partial charge in [-0.2, -0.15) is 0 Å². The molecule has 29 heavy (non-hydrogen) atoms. The van der Waals surface area contributed by atoms with Gasteiger partial charge in [-0.25, -0.2) is 9.78 Å². The van der Waals surface area contributed by atoms with E-state index in [4.69, 9.17) is 9.47 Å². The molecule has 8 nitrogen and oxygen atoms in total. The van der Waals surface area contributed by atoms with Gasteiger partial charge in [0.15, 0.2) is 5.13 Å². The first-order valence-corrected chi connectivity index (χ1v) is 9.95. The second-order valence-corrected chi connectivity index (χ2v) is 7.88. The second kappa shape index (κ2) is 10.7. The van der Waals surface area contributed by atoms with Gasteiger partial charge in [0, 0.05) is 5.69 Å². The number of hydrogen-bond donors (Lipinski definition) is 2. The van der Waals surface area contributed by atoms with Crippen LogP contribution in [0.15, 0.2) is 24.3 Å². The summed E-state index contributed by atoms with van der Waals surface area (Å²) < 4.78 is 10.3. The molecular weight excluding hydrogens is 394 g/mol. The number of carbonyl (C=O) groups is 3. The lowest BCUT2D eigenvalue weighted by atomic mass is 10.2. The van der Waals surface area contributed by atoms with Gasteiger partial charge in [0.05, 0.1) is 12.3 Å². The van der Waals surface area contributed by atoms with Crippen molar-refractivity contribution in [1.29, 1.82) is 0 Å². The molecule has 0 aliphatic heterocycles. The van der Waals surface area contributed by atoms with Gasteiger partial charge in [-0.15, -0.1) is 0 Å². The van der Waals surface area contributed by atoms with E-state index in [0.29, 0.717) is 22.9 Å². The largest absolute Gasteiger partial charge is 0.461 e. The van der Waals surface area contributed by atoms with Gasteiger partial charge in [0.2, 0.25) is 5.91 Å². The second-order valence-electron chi connectivity index (χ2n) is 6.88. The molecular formula is C20H25N3O5S. The fourth-order valence-corrected chi connectivity index (χ4v) is 3.14. The molecule has 0 aliphatic rings. The predicted molar refractivity (Wildman–Crippen MR) is 111 cm³/mol. The Balaban J connectivity index is 1.77. The van der Waals surface area contributed by atoms with Crippen LogP contribution in [-0.4, -0.2) is 42.6 Å². The van der Waals surface area contributed by atoms with E-state index in [1.807, 2.05) is 39.0 Å². The monoisotopic (exact) mass is 419 g/mol. The lowest BCUT2D eigenvalue weighted by molar-refractivity contribution is -0.125. The van der Waals surface area contributed by atoms with Crippen molar-refractivity contribution in [2.45, 2.75) is 27.7 Å². The summed E-state index contributed by atoms with van der Waals surface area (Å²) in [4.78, 5) is 40.4. The molecule has 0 atom stereocenters. The van der Waals surface area contributed by atoms with Gasteiger partial charge in [-0.05, 0) is 37.5 Å². The van der Waals surface area contributed by atoms with Crippen molar-refractivity contribution in [1.82, 2.24) is 4.98 Å². The summed E-state index contributed by atoms with van der Waals surface area (Å²) in [6.07, 6.45) is 0. The number of amides is 2. The Morgan fingerprint density at radius 2 is 1.79 bits per heavy atom. The van der Waals surface area contributed by atoms with Crippen molar-refractivity contribution in [3.63, 3.8) is 0 Å². The number of esters is 1. The number of nitrogens with zero attached hydrogens (tertiary/aromatic N) is 1. The lowest BCUT2D eigenvalue weighted by Crippen LogP contribution is -2.23. The van der Waals surface area contributed by atoms with Crippen LogP contribution in [0.4, 0.5) is 10.8 Å². The molecule has 0 bridgehead atoms. The predicted octanol–water partition coefficient (Wildman–Crippen LogP) is 3.17. The number of aryl methyl sites for hydroxylation is 2. The zero-order chi connectivity index (χ0) is 21.4. The van der Waals surface area contributed by atoms with Crippen molar-refractivity contribution >= 4 is 39.9 Å². The average molecular weight is 420 g/mol. The first kappa shape index (κ1) is 22.5. The number of thiazole rings is 1. The summed E-state index contributed by atoms with van der Waals surface area (Å²) in [6, 6.07) is 7.36. The summed E-state index contributed by atoms with van der Waals surface area (Å²) in [5.41, 5.74) is 2.17. The molecule has 0 unspecified atom stereocenters. The van der Waals surface area contributed by atoms with Crippen LogP contribution in [0.25, 0.3) is 0 Å². The van der Waals surface area contributed by atoms with Crippen LogP contribution < -0.4 is 10.6 Å². The summed E-state index contributed by atoms with van der Waals surface area (Å²) in [6.45, 7) is 7.23. The molecule has 0 fully saturated rings. The standard InChI is InChI=1S/C20H25N3O5S/c1-12(2)9-28-19(26)18-14(4)21-20(29-18)23-17(25)11-27-10-16(24)22-15-7-5-6-13(3)8-15/h5-8,12H,9-11H2,1-4H3,(H,22,24)(H,21,23,25). The highest BCUT2D eigenvalue weighted by Gasteiger charge is 2.18. The van der Waals surface area contributed by atoms with E-state index in [2.05, 4.69) is 15.6 Å². The molecule has 1 heterocycles. The molecule has 2 N–H and O–H groups in total. The van der Waals surface area contributed by atoms with Crippen LogP contribution >= 0.6 is 11.3 Å². The SMILES string of the molecule is Cc1cccc(NC(=O)COCC(=O)Nc2nc(C)c(C(=O)OCC(C)C)s2)c1. The molecule has 1 aromatic heterocycles. The number of carbonyl (C=O) groups excluding carboxylic acids is 3. The molecule has 0 aliphatic carbocycles. The van der Waals surface area contributed by atoms with Gasteiger partial charge < -0.3 is 14.8 Å². The summed E-state index contributed by atoms with van der Waals surface area (Å²) in [5.74, 6) is -1.06. The fraction of sp³-hybridized carbons (Fsp3) is 0.400. The zero-order valence-electron chi connectivity index (χ0n) is 16.9. The van der Waals surface area contributed by atoms with Gasteiger partial charge in [-0.1, -0.05) is 37.3 Å². The first-order valence-electron chi connectivity index (χ1n) is 9.13. The Bertz CT molecular complexity index is 879. The maximum Gasteiger partial charge on any atom is 0.350 e. The van der Waals surface area contributed by atoms with Crippen molar-refractivity contribution in [3.8, 4) is 0 Å². The molecule has 0 spiro atoms. The molecule has 2 rings (SSSR count). The molecule has 2 amide bonds. The smallest absolute Gasteiger partial charge is 0.350 e. The Hall–Kier alpha value is -2.78. The number of rotatable bonds is 9. The van der Waals surface area contributed by atoms with Gasteiger partial charge >= 0.3 is 5.97 Å². The molecule has 156 valence electrons. The number of ether oxygens (including phenoxy) is 2. The molecule has 2 aromatic rings. The first-order chi connectivity index (χ1) is 13.7. The van der Waals surface area contributed by atoms with Crippen LogP contribution in [0, 0.1) is 19.8 Å². The Morgan fingerprint density at radius 3 is 2.45 bits per heavy atom. The van der Waals surface area contributed by atoms with E-state index < -0.39 is 11.9 Å². The minimum Gasteiger partial charge on any atom is -0.461 e. The van der Waals surface area contributed by atoms with Crippen molar-refractivity contribution in [2.24, 2.45) is 5.92 Å². The summed E-state index contributed by atoms with van der Waals surface area (Å²) in [5, 5.41) is 5.52. The number of benzene rings is 1.